The standard InChI is InChI=1S/C11H23N/c1-5-12-8-6-7-11(9(2)3)10(12)4/h9-11H,5-8H2,1-4H3/t10-,11+/m0/s1. The van der Waals surface area contributed by atoms with Gasteiger partial charge < -0.3 is 4.90 Å². The first-order valence-electron chi connectivity index (χ1n) is 5.40. The highest BCUT2D eigenvalue weighted by Gasteiger charge is 2.28. The molecule has 1 nitrogen and oxygen atoms in total. The SMILES string of the molecule is CCN1CCC[C@H](C(C)C)[C@@H]1C. The summed E-state index contributed by atoms with van der Waals surface area (Å²) in [6, 6.07) is 0.809. The molecule has 0 N–H and O–H groups in total. The molecule has 0 spiro atoms. The molecule has 1 aliphatic heterocycles. The number of nitrogens with zero attached hydrogens (tertiary/aromatic N) is 1. The Bertz CT molecular complexity index is 131. The van der Waals surface area contributed by atoms with Crippen LogP contribution in [0.25, 0.3) is 0 Å². The third kappa shape index (κ3) is 2.01. The molecule has 0 aromatic carbocycles. The molecule has 2 atom stereocenters. The lowest BCUT2D eigenvalue weighted by molar-refractivity contribution is 0.0847. The Morgan fingerprint density at radius 2 is 2.08 bits per heavy atom. The van der Waals surface area contributed by atoms with E-state index in [1.54, 1.807) is 0 Å². The summed E-state index contributed by atoms with van der Waals surface area (Å²) in [5, 5.41) is 0. The van der Waals surface area contributed by atoms with E-state index in [0.29, 0.717) is 0 Å². The lowest BCUT2D eigenvalue weighted by atomic mass is 9.82. The topological polar surface area (TPSA) is 3.24 Å². The van der Waals surface area contributed by atoms with Crippen molar-refractivity contribution < 1.29 is 0 Å². The van der Waals surface area contributed by atoms with Crippen LogP contribution in [0.15, 0.2) is 0 Å². The lowest BCUT2D eigenvalue weighted by Crippen LogP contribution is -2.44. The minimum absolute atomic E-state index is 0.809. The predicted octanol–water partition coefficient (Wildman–Crippen LogP) is 2.76. The minimum Gasteiger partial charge on any atom is -0.301 e. The van der Waals surface area contributed by atoms with E-state index in [-0.39, 0.29) is 0 Å². The molecule has 1 aliphatic rings. The molecule has 0 saturated carbocycles. The molecule has 1 fully saturated rings. The Hall–Kier alpha value is -0.0400. The van der Waals surface area contributed by atoms with Gasteiger partial charge in [-0.3, -0.25) is 0 Å². The summed E-state index contributed by atoms with van der Waals surface area (Å²) < 4.78 is 0. The van der Waals surface area contributed by atoms with E-state index >= 15 is 0 Å². The molecule has 1 saturated heterocycles. The highest BCUT2D eigenvalue weighted by molar-refractivity contribution is 4.81. The molecule has 0 aliphatic carbocycles. The molecule has 1 heterocycles. The highest BCUT2D eigenvalue weighted by atomic mass is 15.2. The van der Waals surface area contributed by atoms with Gasteiger partial charge in [0.25, 0.3) is 0 Å². The molecule has 1 rings (SSSR count). The normalized spacial score (nSPS) is 32.8. The van der Waals surface area contributed by atoms with Crippen LogP contribution < -0.4 is 0 Å². The van der Waals surface area contributed by atoms with Gasteiger partial charge in [0, 0.05) is 6.04 Å². The van der Waals surface area contributed by atoms with Crippen LogP contribution in [-0.4, -0.2) is 24.0 Å². The first kappa shape index (κ1) is 10.0. The van der Waals surface area contributed by atoms with Crippen molar-refractivity contribution in [1.82, 2.24) is 4.90 Å². The van der Waals surface area contributed by atoms with E-state index in [9.17, 15) is 0 Å². The molecule has 0 radical (unpaired) electrons. The van der Waals surface area contributed by atoms with Crippen molar-refractivity contribution in [1.29, 1.82) is 0 Å². The van der Waals surface area contributed by atoms with E-state index in [4.69, 9.17) is 0 Å². The maximum atomic E-state index is 2.62. The van der Waals surface area contributed by atoms with Gasteiger partial charge in [0.15, 0.2) is 0 Å². The fourth-order valence-corrected chi connectivity index (χ4v) is 2.58. The number of hydrogen-bond donors (Lipinski definition) is 0. The van der Waals surface area contributed by atoms with Crippen molar-refractivity contribution in [3.8, 4) is 0 Å². The Morgan fingerprint density at radius 1 is 1.42 bits per heavy atom. The quantitative estimate of drug-likeness (QED) is 0.614. The molecule has 72 valence electrons. The minimum atomic E-state index is 0.809. The third-order valence-corrected chi connectivity index (χ3v) is 3.44. The summed E-state index contributed by atoms with van der Waals surface area (Å²) in [6.45, 7) is 11.9. The maximum absolute atomic E-state index is 2.62. The van der Waals surface area contributed by atoms with Gasteiger partial charge in [0.1, 0.15) is 0 Å². The van der Waals surface area contributed by atoms with Crippen molar-refractivity contribution in [3.63, 3.8) is 0 Å². The molecule has 0 aromatic rings. The zero-order valence-corrected chi connectivity index (χ0v) is 9.01. The van der Waals surface area contributed by atoms with Gasteiger partial charge in [-0.05, 0) is 44.7 Å². The number of piperidine rings is 1. The van der Waals surface area contributed by atoms with E-state index in [0.717, 1.165) is 17.9 Å². The molecule has 0 unspecified atom stereocenters. The first-order chi connectivity index (χ1) is 5.66. The summed E-state index contributed by atoms with van der Waals surface area (Å²) in [7, 11) is 0. The van der Waals surface area contributed by atoms with Crippen LogP contribution in [0.4, 0.5) is 0 Å². The second kappa shape index (κ2) is 4.27. The molecule has 0 aromatic heterocycles. The average molecular weight is 169 g/mol. The first-order valence-corrected chi connectivity index (χ1v) is 5.40. The summed E-state index contributed by atoms with van der Waals surface area (Å²) in [6.07, 6.45) is 2.84. The predicted molar refractivity (Wildman–Crippen MR) is 54.3 cm³/mol. The van der Waals surface area contributed by atoms with Gasteiger partial charge in [-0.1, -0.05) is 20.8 Å². The Morgan fingerprint density at radius 3 is 2.58 bits per heavy atom. The van der Waals surface area contributed by atoms with Gasteiger partial charge in [0.2, 0.25) is 0 Å². The van der Waals surface area contributed by atoms with Crippen LogP contribution >= 0.6 is 0 Å². The summed E-state index contributed by atoms with van der Waals surface area (Å²) in [5.74, 6) is 1.79. The van der Waals surface area contributed by atoms with Gasteiger partial charge in [0.05, 0.1) is 0 Å². The molecule has 0 amide bonds. The Kier molecular flexibility index (Phi) is 3.57. The number of likely N-dealkylation sites (tertiary alicyclic amines) is 1. The van der Waals surface area contributed by atoms with E-state index in [1.807, 2.05) is 0 Å². The van der Waals surface area contributed by atoms with Crippen LogP contribution in [0.1, 0.15) is 40.5 Å². The van der Waals surface area contributed by atoms with Gasteiger partial charge in [-0.15, -0.1) is 0 Å². The monoisotopic (exact) mass is 169 g/mol. The van der Waals surface area contributed by atoms with Crippen LogP contribution in [0, 0.1) is 11.8 Å². The summed E-state index contributed by atoms with van der Waals surface area (Å²) >= 11 is 0. The van der Waals surface area contributed by atoms with Gasteiger partial charge in [-0.25, -0.2) is 0 Å². The van der Waals surface area contributed by atoms with Crippen molar-refractivity contribution in [3.05, 3.63) is 0 Å². The molecule has 0 bridgehead atoms. The van der Waals surface area contributed by atoms with Crippen molar-refractivity contribution in [2.24, 2.45) is 11.8 Å². The fraction of sp³-hybridized carbons (Fsp3) is 1.00. The highest BCUT2D eigenvalue weighted by Crippen LogP contribution is 2.28. The van der Waals surface area contributed by atoms with Crippen LogP contribution in [0.5, 0.6) is 0 Å². The lowest BCUT2D eigenvalue weighted by Gasteiger charge is -2.40. The second-order valence-electron chi connectivity index (χ2n) is 4.42. The second-order valence-corrected chi connectivity index (χ2v) is 4.42. The van der Waals surface area contributed by atoms with Crippen LogP contribution in [0.2, 0.25) is 0 Å². The molecular formula is C11H23N. The number of rotatable bonds is 2. The maximum Gasteiger partial charge on any atom is 0.00975 e. The van der Waals surface area contributed by atoms with Crippen LogP contribution in [0.3, 0.4) is 0 Å². The van der Waals surface area contributed by atoms with E-state index in [1.165, 1.54) is 25.9 Å². The van der Waals surface area contributed by atoms with Crippen LogP contribution in [-0.2, 0) is 0 Å². The van der Waals surface area contributed by atoms with E-state index < -0.39 is 0 Å². The summed E-state index contributed by atoms with van der Waals surface area (Å²) in [4.78, 5) is 2.62. The van der Waals surface area contributed by atoms with Crippen molar-refractivity contribution in [2.45, 2.75) is 46.6 Å². The molecule has 1 heteroatoms. The Balaban J connectivity index is 2.53. The zero-order chi connectivity index (χ0) is 9.14. The number of hydrogen-bond acceptors (Lipinski definition) is 1. The largest absolute Gasteiger partial charge is 0.301 e. The van der Waals surface area contributed by atoms with E-state index in [2.05, 4.69) is 32.6 Å². The van der Waals surface area contributed by atoms with Gasteiger partial charge in [-0.2, -0.15) is 0 Å². The van der Waals surface area contributed by atoms with Crippen molar-refractivity contribution >= 4 is 0 Å². The van der Waals surface area contributed by atoms with Gasteiger partial charge >= 0.3 is 0 Å². The third-order valence-electron chi connectivity index (χ3n) is 3.44. The summed E-state index contributed by atoms with van der Waals surface area (Å²) in [5.41, 5.74) is 0. The Labute approximate surface area is 77.1 Å². The van der Waals surface area contributed by atoms with Crippen molar-refractivity contribution in [2.75, 3.05) is 13.1 Å². The average Bonchev–Trinajstić information content (AvgIpc) is 2.04. The smallest absolute Gasteiger partial charge is 0.00975 e. The molecular weight excluding hydrogens is 146 g/mol. The fourth-order valence-electron chi connectivity index (χ4n) is 2.58. The zero-order valence-electron chi connectivity index (χ0n) is 9.01. The molecule has 12 heavy (non-hydrogen) atoms.